The van der Waals surface area contributed by atoms with Gasteiger partial charge in [-0.05, 0) is 12.8 Å². The highest BCUT2D eigenvalue weighted by Crippen LogP contribution is 2.41. The summed E-state index contributed by atoms with van der Waals surface area (Å²) in [6.45, 7) is 4.40. The number of hydrogen-bond donors (Lipinski definition) is 1. The molecule has 0 radical (unpaired) electrons. The van der Waals surface area contributed by atoms with Crippen LogP contribution in [-0.2, 0) is 0 Å². The van der Waals surface area contributed by atoms with Gasteiger partial charge in [0.15, 0.2) is 11.5 Å². The Hall–Kier alpha value is -1.62. The zero-order valence-corrected chi connectivity index (χ0v) is 12.1. The number of phenolic OH excluding ortho intramolecular Hbond substituents is 1. The Kier molecular flexibility index (Phi) is 3.61. The number of ether oxygens (including phenoxy) is 2. The van der Waals surface area contributed by atoms with Gasteiger partial charge in [-0.2, -0.15) is 0 Å². The fourth-order valence-electron chi connectivity index (χ4n) is 3.29. The van der Waals surface area contributed by atoms with Crippen molar-refractivity contribution in [2.24, 2.45) is 0 Å². The number of phenols is 1. The van der Waals surface area contributed by atoms with E-state index in [-0.39, 0.29) is 5.75 Å². The number of anilines is 1. The van der Waals surface area contributed by atoms with Crippen molar-refractivity contribution >= 4 is 5.69 Å². The van der Waals surface area contributed by atoms with E-state index < -0.39 is 0 Å². The highest BCUT2D eigenvalue weighted by molar-refractivity contribution is 5.66. The van der Waals surface area contributed by atoms with Gasteiger partial charge in [-0.15, -0.1) is 0 Å². The molecule has 1 aromatic carbocycles. The zero-order valence-electron chi connectivity index (χ0n) is 12.1. The van der Waals surface area contributed by atoms with Gasteiger partial charge < -0.3 is 24.4 Å². The van der Waals surface area contributed by atoms with Gasteiger partial charge in [-0.1, -0.05) is 0 Å². The third-order valence-corrected chi connectivity index (χ3v) is 4.44. The Balaban J connectivity index is 1.97. The summed E-state index contributed by atoms with van der Waals surface area (Å²) in [6.07, 6.45) is 2.35. The molecule has 3 saturated heterocycles. The fraction of sp³-hybridized carbons (Fsp3) is 0.600. The molecular formula is C15H22N2O3. The number of piperidine rings is 1. The Morgan fingerprint density at radius 2 is 1.70 bits per heavy atom. The quantitative estimate of drug-likeness (QED) is 0.911. The first-order valence-electron chi connectivity index (χ1n) is 7.17. The summed E-state index contributed by atoms with van der Waals surface area (Å²) in [7, 11) is 3.21. The first kappa shape index (κ1) is 13.4. The lowest BCUT2D eigenvalue weighted by molar-refractivity contribution is 0.250. The molecule has 0 atom stereocenters. The van der Waals surface area contributed by atoms with Crippen LogP contribution in [0.2, 0.25) is 0 Å². The van der Waals surface area contributed by atoms with Crippen LogP contribution in [0.1, 0.15) is 12.8 Å². The molecular weight excluding hydrogens is 256 g/mol. The predicted molar refractivity (Wildman–Crippen MR) is 78.0 cm³/mol. The van der Waals surface area contributed by atoms with Crippen molar-refractivity contribution in [1.29, 1.82) is 0 Å². The van der Waals surface area contributed by atoms with E-state index in [0.717, 1.165) is 24.5 Å². The average Bonchev–Trinajstić information content (AvgIpc) is 2.80. The third kappa shape index (κ3) is 2.26. The van der Waals surface area contributed by atoms with Crippen LogP contribution in [0.25, 0.3) is 0 Å². The molecule has 3 fully saturated rings. The standard InChI is InChI=1S/C15H22N2O3/c1-19-14-10-15(20-2)13(18)9-12(14)17-8-7-16-5-3-11(17)4-6-16/h9-11,18H,3-8H2,1-2H3. The largest absolute Gasteiger partial charge is 0.504 e. The van der Waals surface area contributed by atoms with Crippen molar-refractivity contribution in [3.8, 4) is 17.2 Å². The number of rotatable bonds is 3. The summed E-state index contributed by atoms with van der Waals surface area (Å²) in [6, 6.07) is 4.07. The lowest BCUT2D eigenvalue weighted by Gasteiger charge is -2.33. The lowest BCUT2D eigenvalue weighted by atomic mass is 10.0. The normalized spacial score (nSPS) is 25.4. The Morgan fingerprint density at radius 3 is 2.35 bits per heavy atom. The van der Waals surface area contributed by atoms with E-state index in [2.05, 4.69) is 9.80 Å². The van der Waals surface area contributed by atoms with Crippen LogP contribution in [-0.4, -0.2) is 56.4 Å². The van der Waals surface area contributed by atoms with Crippen LogP contribution < -0.4 is 14.4 Å². The van der Waals surface area contributed by atoms with Crippen molar-refractivity contribution < 1.29 is 14.6 Å². The third-order valence-electron chi connectivity index (χ3n) is 4.44. The minimum atomic E-state index is 0.169. The molecule has 0 amide bonds. The number of hydrogen-bond acceptors (Lipinski definition) is 5. The fourth-order valence-corrected chi connectivity index (χ4v) is 3.29. The Labute approximate surface area is 119 Å². The highest BCUT2D eigenvalue weighted by atomic mass is 16.5. The van der Waals surface area contributed by atoms with E-state index in [1.165, 1.54) is 25.9 Å². The van der Waals surface area contributed by atoms with Gasteiger partial charge in [0.2, 0.25) is 0 Å². The summed E-state index contributed by atoms with van der Waals surface area (Å²) in [5, 5.41) is 10.1. The zero-order chi connectivity index (χ0) is 14.1. The molecule has 0 aliphatic carbocycles. The van der Waals surface area contributed by atoms with Crippen molar-refractivity contribution in [3.63, 3.8) is 0 Å². The molecule has 3 aliphatic heterocycles. The molecule has 3 heterocycles. The van der Waals surface area contributed by atoms with E-state index in [4.69, 9.17) is 9.47 Å². The van der Waals surface area contributed by atoms with E-state index >= 15 is 0 Å². The minimum Gasteiger partial charge on any atom is -0.504 e. The van der Waals surface area contributed by atoms with Gasteiger partial charge in [-0.25, -0.2) is 0 Å². The molecule has 2 bridgehead atoms. The summed E-state index contributed by atoms with van der Waals surface area (Å²) >= 11 is 0. The number of benzene rings is 1. The van der Waals surface area contributed by atoms with Crippen LogP contribution in [0, 0.1) is 0 Å². The van der Waals surface area contributed by atoms with Gasteiger partial charge in [0, 0.05) is 44.4 Å². The molecule has 1 N–H and O–H groups in total. The van der Waals surface area contributed by atoms with E-state index in [9.17, 15) is 5.11 Å². The van der Waals surface area contributed by atoms with Crippen LogP contribution >= 0.6 is 0 Å². The molecule has 0 spiro atoms. The second-order valence-corrected chi connectivity index (χ2v) is 5.46. The molecule has 3 aliphatic rings. The van der Waals surface area contributed by atoms with Crippen molar-refractivity contribution in [1.82, 2.24) is 4.90 Å². The van der Waals surface area contributed by atoms with Crippen LogP contribution in [0.3, 0.4) is 0 Å². The Bertz CT molecular complexity index is 484. The van der Waals surface area contributed by atoms with E-state index in [0.29, 0.717) is 11.8 Å². The van der Waals surface area contributed by atoms with Crippen molar-refractivity contribution in [2.75, 3.05) is 45.3 Å². The van der Waals surface area contributed by atoms with Gasteiger partial charge in [0.25, 0.3) is 0 Å². The van der Waals surface area contributed by atoms with Crippen molar-refractivity contribution in [3.05, 3.63) is 12.1 Å². The number of nitrogens with zero attached hydrogens (tertiary/aromatic N) is 2. The van der Waals surface area contributed by atoms with Gasteiger partial charge in [0.1, 0.15) is 5.75 Å². The maximum atomic E-state index is 10.1. The Morgan fingerprint density at radius 1 is 1.00 bits per heavy atom. The molecule has 0 aromatic heterocycles. The van der Waals surface area contributed by atoms with E-state index in [1.54, 1.807) is 26.4 Å². The van der Waals surface area contributed by atoms with Crippen molar-refractivity contribution in [2.45, 2.75) is 18.9 Å². The minimum absolute atomic E-state index is 0.169. The average molecular weight is 278 g/mol. The topological polar surface area (TPSA) is 45.2 Å². The van der Waals surface area contributed by atoms with E-state index in [1.807, 2.05) is 0 Å². The highest BCUT2D eigenvalue weighted by Gasteiger charge is 2.31. The molecule has 5 nitrogen and oxygen atoms in total. The van der Waals surface area contributed by atoms with Gasteiger partial charge in [-0.3, -0.25) is 0 Å². The molecule has 0 unspecified atom stereocenters. The summed E-state index contributed by atoms with van der Waals surface area (Å²) in [4.78, 5) is 4.89. The maximum Gasteiger partial charge on any atom is 0.164 e. The predicted octanol–water partition coefficient (Wildman–Crippen LogP) is 1.69. The first-order chi connectivity index (χ1) is 9.72. The second kappa shape index (κ2) is 5.40. The first-order valence-corrected chi connectivity index (χ1v) is 7.17. The molecule has 20 heavy (non-hydrogen) atoms. The number of methoxy groups -OCH3 is 2. The molecule has 5 heteroatoms. The van der Waals surface area contributed by atoms with Gasteiger partial charge in [0.05, 0.1) is 19.9 Å². The lowest BCUT2D eigenvalue weighted by Crippen LogP contribution is -2.38. The molecule has 1 aromatic rings. The smallest absolute Gasteiger partial charge is 0.164 e. The summed E-state index contributed by atoms with van der Waals surface area (Å²) in [5.41, 5.74) is 0.972. The SMILES string of the molecule is COc1cc(OC)c(N2CCN3CCC2CC3)cc1O. The number of aromatic hydroxyl groups is 1. The molecule has 4 rings (SSSR count). The molecule has 110 valence electrons. The monoisotopic (exact) mass is 278 g/mol. The molecule has 0 saturated carbocycles. The van der Waals surface area contributed by atoms with Crippen LogP contribution in [0.4, 0.5) is 5.69 Å². The van der Waals surface area contributed by atoms with Crippen LogP contribution in [0.15, 0.2) is 12.1 Å². The van der Waals surface area contributed by atoms with Gasteiger partial charge >= 0.3 is 0 Å². The summed E-state index contributed by atoms with van der Waals surface area (Å²) < 4.78 is 10.7. The second-order valence-electron chi connectivity index (χ2n) is 5.46. The summed E-state index contributed by atoms with van der Waals surface area (Å²) in [5.74, 6) is 1.39. The number of fused-ring (bicyclic) bond motifs is 4. The van der Waals surface area contributed by atoms with Crippen LogP contribution in [0.5, 0.6) is 17.2 Å². The maximum absolute atomic E-state index is 10.1.